The maximum absolute atomic E-state index is 13.0. The zero-order chi connectivity index (χ0) is 29.9. The molecule has 0 saturated carbocycles. The van der Waals surface area contributed by atoms with E-state index in [1.807, 2.05) is 0 Å². The van der Waals surface area contributed by atoms with E-state index in [0.29, 0.717) is 11.1 Å². The van der Waals surface area contributed by atoms with Crippen LogP contribution in [-0.4, -0.2) is 71.2 Å². The lowest BCUT2D eigenvalue weighted by molar-refractivity contribution is -0.171. The predicted molar refractivity (Wildman–Crippen MR) is 140 cm³/mol. The Morgan fingerprint density at radius 1 is 0.675 bits per heavy atom. The van der Waals surface area contributed by atoms with Crippen molar-refractivity contribution in [3.8, 4) is 0 Å². The third-order valence-corrected chi connectivity index (χ3v) is 7.23. The molecule has 0 radical (unpaired) electrons. The summed E-state index contributed by atoms with van der Waals surface area (Å²) in [4.78, 5) is 77.3. The molecule has 1 aromatic rings. The molecule has 2 bridgehead atoms. The van der Waals surface area contributed by atoms with Crippen molar-refractivity contribution in [3.05, 3.63) is 47.5 Å². The van der Waals surface area contributed by atoms with Crippen LogP contribution >= 0.6 is 0 Å². The lowest BCUT2D eigenvalue weighted by Gasteiger charge is -2.29. The molecule has 0 aliphatic heterocycles. The molecule has 0 fully saturated rings. The van der Waals surface area contributed by atoms with Crippen molar-refractivity contribution in [3.63, 3.8) is 0 Å². The summed E-state index contributed by atoms with van der Waals surface area (Å²) in [5.41, 5.74) is -2.42. The molecule has 0 heterocycles. The molecule has 2 aliphatic rings. The molecule has 0 spiro atoms. The van der Waals surface area contributed by atoms with Gasteiger partial charge in [0.2, 0.25) is 0 Å². The molecule has 0 amide bonds. The topological polar surface area (TPSA) is 149 Å². The van der Waals surface area contributed by atoms with Crippen LogP contribution in [0.25, 0.3) is 0 Å². The SMILES string of the molecule is COC(=O)C1C/C=C\CC(C(=O)OC)(C(=O)OC)Cc2ccc(cc2)CC(C(=O)OC)(C(=O)OC)CCC(=O)C1. The van der Waals surface area contributed by atoms with E-state index in [1.54, 1.807) is 36.4 Å². The van der Waals surface area contributed by atoms with Crippen LogP contribution in [0.1, 0.15) is 43.2 Å². The highest BCUT2D eigenvalue weighted by molar-refractivity contribution is 6.01. The first-order valence-electron chi connectivity index (χ1n) is 12.7. The summed E-state index contributed by atoms with van der Waals surface area (Å²) in [7, 11) is 5.81. The second-order valence-electron chi connectivity index (χ2n) is 9.67. The lowest BCUT2D eigenvalue weighted by Crippen LogP contribution is -2.43. The average molecular weight is 561 g/mol. The molecule has 3 rings (SSSR count). The Morgan fingerprint density at radius 2 is 1.12 bits per heavy atom. The first-order chi connectivity index (χ1) is 19.0. The molecule has 0 saturated heterocycles. The summed E-state index contributed by atoms with van der Waals surface area (Å²) in [5, 5.41) is 0. The van der Waals surface area contributed by atoms with E-state index >= 15 is 0 Å². The van der Waals surface area contributed by atoms with E-state index in [0.717, 1.165) is 14.2 Å². The molecular weight excluding hydrogens is 524 g/mol. The molecule has 1 atom stereocenters. The number of carbonyl (C=O) groups is 6. The number of Topliss-reactive ketones (excluding diaryl/α,β-unsaturated/α-hetero) is 1. The zero-order valence-corrected chi connectivity index (χ0v) is 23.5. The quantitative estimate of drug-likeness (QED) is 0.226. The van der Waals surface area contributed by atoms with Crippen LogP contribution in [0.15, 0.2) is 36.4 Å². The Morgan fingerprint density at radius 3 is 1.57 bits per heavy atom. The Balaban J connectivity index is 2.68. The van der Waals surface area contributed by atoms with Gasteiger partial charge in [0.25, 0.3) is 0 Å². The minimum absolute atomic E-state index is 0.0737. The van der Waals surface area contributed by atoms with Crippen molar-refractivity contribution >= 4 is 35.6 Å². The number of ether oxygens (including phenoxy) is 5. The Hall–Kier alpha value is -4.02. The summed E-state index contributed by atoms with van der Waals surface area (Å²) in [6.45, 7) is 0. The van der Waals surface area contributed by atoms with Gasteiger partial charge in [0.15, 0.2) is 10.8 Å². The fourth-order valence-corrected chi connectivity index (χ4v) is 4.94. The molecule has 0 aromatic heterocycles. The van der Waals surface area contributed by atoms with Gasteiger partial charge >= 0.3 is 29.8 Å². The number of hydrogen-bond donors (Lipinski definition) is 0. The number of methoxy groups -OCH3 is 5. The minimum atomic E-state index is -1.82. The van der Waals surface area contributed by atoms with Crippen LogP contribution in [0.2, 0.25) is 0 Å². The number of carbonyl (C=O) groups excluding carboxylic acids is 6. The predicted octanol–water partition coefficient (Wildman–Crippen LogP) is 2.31. The Labute approximate surface area is 233 Å². The van der Waals surface area contributed by atoms with Gasteiger partial charge in [-0.05, 0) is 43.2 Å². The fraction of sp³-hybridized carbons (Fsp3) is 0.517. The molecule has 2 aliphatic carbocycles. The van der Waals surface area contributed by atoms with Crippen molar-refractivity contribution < 1.29 is 52.5 Å². The molecular formula is C29H36O11. The summed E-state index contributed by atoms with van der Waals surface area (Å²) in [6.07, 6.45) is 2.30. The normalized spacial score (nSPS) is 19.8. The van der Waals surface area contributed by atoms with Gasteiger partial charge in [-0.3, -0.25) is 28.8 Å². The van der Waals surface area contributed by atoms with Gasteiger partial charge in [0.1, 0.15) is 5.78 Å². The molecule has 1 unspecified atom stereocenters. The van der Waals surface area contributed by atoms with E-state index in [-0.39, 0.29) is 50.7 Å². The molecule has 11 nitrogen and oxygen atoms in total. The third-order valence-electron chi connectivity index (χ3n) is 7.23. The van der Waals surface area contributed by atoms with Crippen LogP contribution in [0.4, 0.5) is 0 Å². The van der Waals surface area contributed by atoms with Crippen LogP contribution in [-0.2, 0) is 65.3 Å². The number of fused-ring (bicyclic) bond motifs is 13. The van der Waals surface area contributed by atoms with Gasteiger partial charge in [0, 0.05) is 12.8 Å². The highest BCUT2D eigenvalue weighted by Crippen LogP contribution is 2.35. The third kappa shape index (κ3) is 7.13. The standard InChI is InChI=1S/C29H36O11/c1-36-23(31)21-8-6-7-14-28(24(32)37-2,25(33)38-3)17-19-9-11-20(12-10-19)18-29(26(34)39-4,27(35)40-5)15-13-22(30)16-21/h6-7,9-12,21H,8,13-18H2,1-5H3/b7-6-. The maximum atomic E-state index is 13.0. The summed E-state index contributed by atoms with van der Waals surface area (Å²) in [5.74, 6) is -5.22. The van der Waals surface area contributed by atoms with E-state index in [2.05, 4.69) is 0 Å². The monoisotopic (exact) mass is 560 g/mol. The minimum Gasteiger partial charge on any atom is -0.469 e. The van der Waals surface area contributed by atoms with Crippen molar-refractivity contribution in [2.45, 2.75) is 44.9 Å². The smallest absolute Gasteiger partial charge is 0.323 e. The van der Waals surface area contributed by atoms with E-state index in [9.17, 15) is 28.8 Å². The van der Waals surface area contributed by atoms with Gasteiger partial charge in [0.05, 0.1) is 41.5 Å². The first-order valence-corrected chi connectivity index (χ1v) is 12.7. The van der Waals surface area contributed by atoms with Crippen LogP contribution in [0.3, 0.4) is 0 Å². The molecule has 218 valence electrons. The second kappa shape index (κ2) is 14.4. The number of allylic oxidation sites excluding steroid dienone is 2. The fourth-order valence-electron chi connectivity index (χ4n) is 4.94. The van der Waals surface area contributed by atoms with E-state index < -0.39 is 46.6 Å². The summed E-state index contributed by atoms with van der Waals surface area (Å²) < 4.78 is 24.7. The largest absolute Gasteiger partial charge is 0.469 e. The highest BCUT2D eigenvalue weighted by atomic mass is 16.6. The number of rotatable bonds is 5. The number of esters is 5. The van der Waals surface area contributed by atoms with Crippen LogP contribution in [0.5, 0.6) is 0 Å². The maximum Gasteiger partial charge on any atom is 0.323 e. The number of benzene rings is 1. The van der Waals surface area contributed by atoms with Crippen molar-refractivity contribution in [2.24, 2.45) is 16.7 Å². The average Bonchev–Trinajstić information content (AvgIpc) is 2.98. The van der Waals surface area contributed by atoms with Gasteiger partial charge in [-0.2, -0.15) is 0 Å². The Bertz CT molecular complexity index is 1100. The first kappa shape index (κ1) is 32.2. The molecule has 40 heavy (non-hydrogen) atoms. The zero-order valence-electron chi connectivity index (χ0n) is 23.5. The molecule has 0 N–H and O–H groups in total. The highest BCUT2D eigenvalue weighted by Gasteiger charge is 2.49. The Kier molecular flexibility index (Phi) is 11.6. The van der Waals surface area contributed by atoms with Gasteiger partial charge in [-0.25, -0.2) is 0 Å². The number of ketones is 1. The molecule has 11 heteroatoms. The van der Waals surface area contributed by atoms with Crippen molar-refractivity contribution in [1.29, 1.82) is 0 Å². The van der Waals surface area contributed by atoms with Gasteiger partial charge < -0.3 is 23.7 Å². The molecule has 1 aromatic carbocycles. The number of hydrogen-bond acceptors (Lipinski definition) is 11. The van der Waals surface area contributed by atoms with E-state index in [4.69, 9.17) is 23.7 Å². The van der Waals surface area contributed by atoms with E-state index in [1.165, 1.54) is 21.3 Å². The van der Waals surface area contributed by atoms with Crippen molar-refractivity contribution in [2.75, 3.05) is 35.5 Å². The second-order valence-corrected chi connectivity index (χ2v) is 9.67. The van der Waals surface area contributed by atoms with Gasteiger partial charge in [-0.1, -0.05) is 36.4 Å². The summed E-state index contributed by atoms with van der Waals surface area (Å²) >= 11 is 0. The summed E-state index contributed by atoms with van der Waals surface area (Å²) in [6, 6.07) is 6.63. The van der Waals surface area contributed by atoms with Crippen LogP contribution in [0, 0.1) is 16.7 Å². The van der Waals surface area contributed by atoms with Gasteiger partial charge in [-0.15, -0.1) is 0 Å². The lowest BCUT2D eigenvalue weighted by atomic mass is 9.76. The van der Waals surface area contributed by atoms with Crippen molar-refractivity contribution in [1.82, 2.24) is 0 Å². The van der Waals surface area contributed by atoms with Crippen LogP contribution < -0.4 is 0 Å².